The van der Waals surface area contributed by atoms with Crippen molar-refractivity contribution in [1.82, 2.24) is 10.3 Å². The summed E-state index contributed by atoms with van der Waals surface area (Å²) in [5.74, 6) is -3.48. The van der Waals surface area contributed by atoms with E-state index >= 15 is 0 Å². The molecule has 49 heavy (non-hydrogen) atoms. The lowest BCUT2D eigenvalue weighted by Crippen LogP contribution is -2.29. The predicted molar refractivity (Wildman–Crippen MR) is 198 cm³/mol. The standard InChI is InChI=1S/C32H28F3N3O2.C3H8.C2H6.C2H4.CH5N/c1-17-10-28(38-30(19(17)3)23-14-26(34)27(35)15-25(23)33)24(20-8-6-5-7-9-20)16-36-32(39)22-12-21-11-18(2)37-31(21)29(13-22)40-4;1-3-2;3*1-2/h5-10,12-15,24H,11,16H2,1-4H3,(H,36,39);3H2,1-2H3;1-2H3;1-2H2;2H2,1H3. The Hall–Kier alpha value is -4.76. The molecule has 0 radical (unpaired) electrons. The molecule has 0 spiro atoms. The summed E-state index contributed by atoms with van der Waals surface area (Å²) in [6, 6.07) is 16.2. The van der Waals surface area contributed by atoms with E-state index in [1.807, 2.05) is 70.2 Å². The minimum absolute atomic E-state index is 0.125. The molecular formula is C40H51F3N4O2. The molecule has 1 amide bonds. The topological polar surface area (TPSA) is 89.6 Å². The molecule has 1 atom stereocenters. The van der Waals surface area contributed by atoms with E-state index in [4.69, 9.17) is 9.72 Å². The Kier molecular flexibility index (Phi) is 18.3. The Labute approximate surface area is 290 Å². The number of halogens is 3. The van der Waals surface area contributed by atoms with Gasteiger partial charge in [-0.05, 0) is 74.3 Å². The van der Waals surface area contributed by atoms with Crippen LogP contribution in [0.5, 0.6) is 5.75 Å². The van der Waals surface area contributed by atoms with E-state index in [0.717, 1.165) is 34.2 Å². The molecule has 0 bridgehead atoms. The molecule has 0 aliphatic carbocycles. The second-order valence-electron chi connectivity index (χ2n) is 10.7. The molecule has 0 fully saturated rings. The van der Waals surface area contributed by atoms with Gasteiger partial charge in [-0.3, -0.25) is 14.8 Å². The summed E-state index contributed by atoms with van der Waals surface area (Å²) >= 11 is 0. The Balaban J connectivity index is 0.00000122. The van der Waals surface area contributed by atoms with Crippen LogP contribution in [0.2, 0.25) is 0 Å². The summed E-state index contributed by atoms with van der Waals surface area (Å²) in [5, 5.41) is 3.02. The summed E-state index contributed by atoms with van der Waals surface area (Å²) in [6.07, 6.45) is 1.90. The van der Waals surface area contributed by atoms with E-state index in [9.17, 15) is 18.0 Å². The molecule has 1 aliphatic rings. The van der Waals surface area contributed by atoms with Gasteiger partial charge in [-0.1, -0.05) is 64.4 Å². The maximum Gasteiger partial charge on any atom is 0.251 e. The van der Waals surface area contributed by atoms with Crippen LogP contribution in [0.3, 0.4) is 0 Å². The van der Waals surface area contributed by atoms with Gasteiger partial charge in [0.2, 0.25) is 0 Å². The first-order valence-electron chi connectivity index (χ1n) is 16.4. The Bertz CT molecular complexity index is 1690. The van der Waals surface area contributed by atoms with Crippen LogP contribution in [-0.4, -0.2) is 37.3 Å². The first-order valence-corrected chi connectivity index (χ1v) is 16.4. The van der Waals surface area contributed by atoms with E-state index in [1.54, 1.807) is 20.1 Å². The zero-order valence-electron chi connectivity index (χ0n) is 30.3. The molecule has 2 heterocycles. The maximum atomic E-state index is 14.8. The van der Waals surface area contributed by atoms with Crippen LogP contribution in [0.1, 0.15) is 85.3 Å². The molecule has 1 aromatic heterocycles. The Morgan fingerprint density at radius 3 is 2.12 bits per heavy atom. The molecule has 3 aromatic carbocycles. The zero-order chi connectivity index (χ0) is 37.3. The monoisotopic (exact) mass is 676 g/mol. The molecule has 0 saturated heterocycles. The highest BCUT2D eigenvalue weighted by Gasteiger charge is 2.24. The molecule has 6 nitrogen and oxygen atoms in total. The number of rotatable bonds is 7. The van der Waals surface area contributed by atoms with Crippen molar-refractivity contribution >= 4 is 17.3 Å². The summed E-state index contributed by atoms with van der Waals surface area (Å²) in [4.78, 5) is 22.6. The second-order valence-corrected chi connectivity index (χ2v) is 10.7. The molecule has 264 valence electrons. The first kappa shape index (κ1) is 42.3. The fraction of sp³-hybridized carbons (Fsp3) is 0.325. The van der Waals surface area contributed by atoms with Gasteiger partial charge in [0.15, 0.2) is 11.6 Å². The molecule has 4 aromatic rings. The lowest BCUT2D eigenvalue weighted by Gasteiger charge is -2.21. The Morgan fingerprint density at radius 1 is 0.939 bits per heavy atom. The van der Waals surface area contributed by atoms with Crippen LogP contribution in [-0.2, 0) is 6.42 Å². The largest absolute Gasteiger partial charge is 0.494 e. The molecule has 1 aliphatic heterocycles. The number of amides is 1. The predicted octanol–water partition coefficient (Wildman–Crippen LogP) is 9.82. The van der Waals surface area contributed by atoms with Gasteiger partial charge in [0.25, 0.3) is 5.91 Å². The van der Waals surface area contributed by atoms with E-state index in [1.165, 1.54) is 13.5 Å². The minimum atomic E-state index is -1.26. The summed E-state index contributed by atoms with van der Waals surface area (Å²) < 4.78 is 48.0. The van der Waals surface area contributed by atoms with Crippen molar-refractivity contribution in [3.05, 3.63) is 125 Å². The summed E-state index contributed by atoms with van der Waals surface area (Å²) in [6.45, 7) is 20.0. The molecule has 1 unspecified atom stereocenters. The van der Waals surface area contributed by atoms with Gasteiger partial charge >= 0.3 is 0 Å². The van der Waals surface area contributed by atoms with Crippen molar-refractivity contribution in [2.75, 3.05) is 20.7 Å². The van der Waals surface area contributed by atoms with Gasteiger partial charge in [0, 0.05) is 41.8 Å². The van der Waals surface area contributed by atoms with Crippen molar-refractivity contribution < 1.29 is 22.7 Å². The number of methoxy groups -OCH3 is 1. The van der Waals surface area contributed by atoms with Crippen LogP contribution in [0.25, 0.3) is 11.3 Å². The number of hydrogen-bond donors (Lipinski definition) is 2. The summed E-state index contributed by atoms with van der Waals surface area (Å²) in [5.41, 5.74) is 10.6. The average molecular weight is 677 g/mol. The zero-order valence-corrected chi connectivity index (χ0v) is 30.3. The van der Waals surface area contributed by atoms with Crippen LogP contribution in [0.4, 0.5) is 18.9 Å². The van der Waals surface area contributed by atoms with Crippen molar-refractivity contribution in [2.45, 2.75) is 67.2 Å². The Morgan fingerprint density at radius 2 is 1.53 bits per heavy atom. The highest BCUT2D eigenvalue weighted by atomic mass is 19.2. The third-order valence-corrected chi connectivity index (χ3v) is 7.23. The smallest absolute Gasteiger partial charge is 0.251 e. The highest BCUT2D eigenvalue weighted by molar-refractivity contribution is 5.99. The third-order valence-electron chi connectivity index (χ3n) is 7.23. The normalized spacial score (nSPS) is 11.3. The van der Waals surface area contributed by atoms with Crippen LogP contribution < -0.4 is 15.8 Å². The van der Waals surface area contributed by atoms with E-state index < -0.39 is 23.4 Å². The lowest BCUT2D eigenvalue weighted by atomic mass is 9.92. The minimum Gasteiger partial charge on any atom is -0.494 e. The van der Waals surface area contributed by atoms with Gasteiger partial charge in [-0.2, -0.15) is 0 Å². The van der Waals surface area contributed by atoms with Crippen molar-refractivity contribution in [3.8, 4) is 17.0 Å². The van der Waals surface area contributed by atoms with Gasteiger partial charge in [0.05, 0.1) is 18.5 Å². The van der Waals surface area contributed by atoms with E-state index in [-0.39, 0.29) is 23.7 Å². The number of nitrogens with zero attached hydrogens (tertiary/aromatic N) is 2. The quantitative estimate of drug-likeness (QED) is 0.151. The van der Waals surface area contributed by atoms with E-state index in [2.05, 4.69) is 43.0 Å². The number of nitrogens with two attached hydrogens (primary N) is 1. The van der Waals surface area contributed by atoms with Crippen LogP contribution >= 0.6 is 0 Å². The van der Waals surface area contributed by atoms with Gasteiger partial charge < -0.3 is 15.8 Å². The molecule has 3 N–H and O–H groups in total. The fourth-order valence-corrected chi connectivity index (χ4v) is 5.00. The number of carbonyl (C=O) groups excluding carboxylic acids is 1. The van der Waals surface area contributed by atoms with Crippen molar-refractivity contribution in [1.29, 1.82) is 0 Å². The number of pyridine rings is 1. The number of aromatic nitrogens is 1. The fourth-order valence-electron chi connectivity index (χ4n) is 5.00. The number of nitrogens with one attached hydrogen (secondary N) is 1. The van der Waals surface area contributed by atoms with Gasteiger partial charge in [-0.15, -0.1) is 13.2 Å². The highest BCUT2D eigenvalue weighted by Crippen LogP contribution is 2.38. The number of benzene rings is 3. The molecular weight excluding hydrogens is 625 g/mol. The molecule has 9 heteroatoms. The van der Waals surface area contributed by atoms with Crippen LogP contribution in [0, 0.1) is 31.3 Å². The van der Waals surface area contributed by atoms with Crippen molar-refractivity contribution in [3.63, 3.8) is 0 Å². The van der Waals surface area contributed by atoms with E-state index in [0.29, 0.717) is 35.1 Å². The third kappa shape index (κ3) is 10.9. The maximum absolute atomic E-state index is 14.8. The summed E-state index contributed by atoms with van der Waals surface area (Å²) in [7, 11) is 3.05. The van der Waals surface area contributed by atoms with Gasteiger partial charge in [-0.25, -0.2) is 13.2 Å². The SMILES string of the molecule is C=C.CC.CCC.CN.COc1cc(C(=O)NCC(c2ccccc2)c2cc(C)c(C)c(-c3cc(F)c(F)cc3F)n2)cc2c1N=C(C)C2. The number of hydrogen-bond acceptors (Lipinski definition) is 5. The number of carbonyl (C=O) groups is 1. The van der Waals surface area contributed by atoms with Gasteiger partial charge in [0.1, 0.15) is 17.3 Å². The average Bonchev–Trinajstić information content (AvgIpc) is 3.51. The lowest BCUT2D eigenvalue weighted by molar-refractivity contribution is 0.0952. The number of aliphatic imine (C=N–C) groups is 1. The van der Waals surface area contributed by atoms with Crippen LogP contribution in [0.15, 0.2) is 78.8 Å². The second kappa shape index (κ2) is 21.3. The van der Waals surface area contributed by atoms with Crippen molar-refractivity contribution in [2.24, 2.45) is 10.7 Å². The number of aryl methyl sites for hydroxylation is 1. The number of fused-ring (bicyclic) bond motifs is 1. The first-order chi connectivity index (χ1) is 23.6. The molecule has 5 rings (SSSR count). The number of ether oxygens (including phenoxy) is 1. The molecule has 0 saturated carbocycles.